The van der Waals surface area contributed by atoms with Gasteiger partial charge in [0.15, 0.2) is 12.4 Å². The van der Waals surface area contributed by atoms with Crippen LogP contribution in [0.3, 0.4) is 0 Å². The highest BCUT2D eigenvalue weighted by Gasteiger charge is 2.22. The van der Waals surface area contributed by atoms with Crippen molar-refractivity contribution >= 4 is 17.9 Å². The van der Waals surface area contributed by atoms with Gasteiger partial charge in [-0.25, -0.2) is 0 Å². The van der Waals surface area contributed by atoms with Crippen molar-refractivity contribution in [1.82, 2.24) is 0 Å². The molecule has 0 radical (unpaired) electrons. The number of nitrogens with zero attached hydrogens (tertiary/aromatic N) is 1. The number of aliphatic carboxylic acids is 1. The van der Waals surface area contributed by atoms with Crippen molar-refractivity contribution in [3.8, 4) is 0 Å². The van der Waals surface area contributed by atoms with Gasteiger partial charge in [-0.1, -0.05) is 222 Å². The number of ether oxygens (including phenoxy) is 4. The minimum Gasteiger partial charge on any atom is -0.545 e. The number of unbranched alkanes of at least 4 members (excludes halogenated alkanes) is 25. The first-order valence-corrected chi connectivity index (χ1v) is 27.4. The average Bonchev–Trinajstić information content (AvgIpc) is 3.29. The molecule has 0 N–H and O–H groups in total. The lowest BCUT2D eigenvalue weighted by Gasteiger charge is -2.26. The summed E-state index contributed by atoms with van der Waals surface area (Å²) in [6, 6.07) is 0. The molecule has 67 heavy (non-hydrogen) atoms. The van der Waals surface area contributed by atoms with E-state index in [1.807, 2.05) is 21.1 Å². The Labute approximate surface area is 412 Å². The summed E-state index contributed by atoms with van der Waals surface area (Å²) in [6.07, 6.45) is 58.3. The smallest absolute Gasteiger partial charge is 0.306 e. The fraction of sp³-hybridized carbons (Fsp3) is 0.776. The van der Waals surface area contributed by atoms with Crippen molar-refractivity contribution in [3.63, 3.8) is 0 Å². The summed E-state index contributed by atoms with van der Waals surface area (Å²) in [5.41, 5.74) is 0. The Morgan fingerprint density at radius 2 is 0.851 bits per heavy atom. The second kappa shape index (κ2) is 49.4. The zero-order chi connectivity index (χ0) is 49.2. The molecule has 9 heteroatoms. The lowest BCUT2D eigenvalue weighted by atomic mass is 10.0. The number of hydrogen-bond donors (Lipinski definition) is 0. The van der Waals surface area contributed by atoms with Crippen molar-refractivity contribution in [2.75, 3.05) is 47.5 Å². The van der Waals surface area contributed by atoms with E-state index in [9.17, 15) is 19.5 Å². The standard InChI is InChI=1S/C58H103NO8/c1-6-8-10-12-14-16-18-20-22-23-24-25-26-27-28-29-30-31-32-33-35-37-39-41-43-45-47-49-56(61)67-54(53-66-58(57(62)63)64-51-50-59(3,4)5)52-65-55(60)48-46-44-42-40-38-36-34-21-19-17-15-13-11-9-7-2/h8,10,14,16,20,22,24-25,27-28,54,58H,6-7,9,11-13,15,17-19,21,23,26,29-53H2,1-5H3/b10-8-,16-14-,22-20-,25-24-,28-27-. The lowest BCUT2D eigenvalue weighted by Crippen LogP contribution is -2.44. The predicted octanol–water partition coefficient (Wildman–Crippen LogP) is 14.3. The van der Waals surface area contributed by atoms with E-state index in [0.29, 0.717) is 23.9 Å². The molecule has 0 heterocycles. The SMILES string of the molecule is CC/C=C\C/C=C\C/C=C\C/C=C\C/C=C\CCCCCCCCCCCCCC(=O)OC(COC(=O)CCCCCCCCCCCCCCCCC)COC(OCC[N+](C)(C)C)C(=O)[O-]. The molecule has 0 aliphatic rings. The van der Waals surface area contributed by atoms with Crippen LogP contribution >= 0.6 is 0 Å². The van der Waals surface area contributed by atoms with Gasteiger partial charge < -0.3 is 33.3 Å². The van der Waals surface area contributed by atoms with Gasteiger partial charge in [-0.2, -0.15) is 0 Å². The van der Waals surface area contributed by atoms with E-state index in [-0.39, 0.29) is 32.2 Å². The maximum Gasteiger partial charge on any atom is 0.306 e. The van der Waals surface area contributed by atoms with Crippen LogP contribution in [0.15, 0.2) is 60.8 Å². The van der Waals surface area contributed by atoms with Gasteiger partial charge >= 0.3 is 11.9 Å². The van der Waals surface area contributed by atoms with Crippen molar-refractivity contribution in [2.24, 2.45) is 0 Å². The molecule has 0 bridgehead atoms. The van der Waals surface area contributed by atoms with E-state index in [4.69, 9.17) is 18.9 Å². The molecule has 0 aliphatic heterocycles. The lowest BCUT2D eigenvalue weighted by molar-refractivity contribution is -0.870. The van der Waals surface area contributed by atoms with Crippen LogP contribution in [-0.4, -0.2) is 82.3 Å². The van der Waals surface area contributed by atoms with E-state index in [1.54, 1.807) is 0 Å². The highest BCUT2D eigenvalue weighted by molar-refractivity contribution is 5.70. The van der Waals surface area contributed by atoms with Gasteiger partial charge in [0.1, 0.15) is 13.2 Å². The first kappa shape index (κ1) is 64.0. The first-order valence-electron chi connectivity index (χ1n) is 27.4. The van der Waals surface area contributed by atoms with Gasteiger partial charge in [-0.15, -0.1) is 0 Å². The molecule has 0 saturated carbocycles. The highest BCUT2D eigenvalue weighted by Crippen LogP contribution is 2.16. The number of carboxylic acid groups (broad SMARTS) is 1. The van der Waals surface area contributed by atoms with Crippen molar-refractivity contribution in [3.05, 3.63) is 60.8 Å². The van der Waals surface area contributed by atoms with Crippen LogP contribution in [0.2, 0.25) is 0 Å². The van der Waals surface area contributed by atoms with E-state index >= 15 is 0 Å². The average molecular weight is 942 g/mol. The minimum absolute atomic E-state index is 0.147. The molecule has 0 aromatic heterocycles. The quantitative estimate of drug-likeness (QED) is 0.0195. The largest absolute Gasteiger partial charge is 0.545 e. The Bertz CT molecular complexity index is 1280. The maximum absolute atomic E-state index is 12.8. The van der Waals surface area contributed by atoms with Gasteiger partial charge in [0.05, 0.1) is 40.3 Å². The molecular weight excluding hydrogens is 839 g/mol. The number of quaternary nitrogens is 1. The van der Waals surface area contributed by atoms with E-state index in [0.717, 1.165) is 77.0 Å². The molecule has 0 aromatic carbocycles. The third-order valence-electron chi connectivity index (χ3n) is 11.8. The molecule has 388 valence electrons. The van der Waals surface area contributed by atoms with Crippen LogP contribution in [0.5, 0.6) is 0 Å². The van der Waals surface area contributed by atoms with E-state index in [1.165, 1.54) is 122 Å². The van der Waals surface area contributed by atoms with E-state index < -0.39 is 24.3 Å². The molecule has 0 aromatic rings. The van der Waals surface area contributed by atoms with Crippen LogP contribution in [0.4, 0.5) is 0 Å². The molecule has 0 amide bonds. The van der Waals surface area contributed by atoms with Gasteiger partial charge in [0.2, 0.25) is 0 Å². The molecule has 0 rings (SSSR count). The molecule has 0 spiro atoms. The molecule has 0 aliphatic carbocycles. The summed E-state index contributed by atoms with van der Waals surface area (Å²) in [6.45, 7) is 4.65. The highest BCUT2D eigenvalue weighted by atomic mass is 16.7. The molecule has 9 nitrogen and oxygen atoms in total. The first-order chi connectivity index (χ1) is 32.6. The summed E-state index contributed by atoms with van der Waals surface area (Å²) < 4.78 is 22.7. The number of esters is 2. The summed E-state index contributed by atoms with van der Waals surface area (Å²) in [4.78, 5) is 37.2. The third-order valence-corrected chi connectivity index (χ3v) is 11.8. The van der Waals surface area contributed by atoms with Crippen LogP contribution < -0.4 is 5.11 Å². The van der Waals surface area contributed by atoms with Crippen molar-refractivity contribution in [1.29, 1.82) is 0 Å². The number of allylic oxidation sites excluding steroid dienone is 10. The van der Waals surface area contributed by atoms with Crippen LogP contribution in [0, 0.1) is 0 Å². The number of likely N-dealkylation sites (N-methyl/N-ethyl adjacent to an activating group) is 1. The zero-order valence-electron chi connectivity index (χ0n) is 44.0. The van der Waals surface area contributed by atoms with Crippen LogP contribution in [0.1, 0.15) is 232 Å². The third kappa shape index (κ3) is 50.7. The van der Waals surface area contributed by atoms with Gasteiger partial charge in [-0.05, 0) is 57.8 Å². The molecule has 2 atom stereocenters. The second-order valence-corrected chi connectivity index (χ2v) is 19.5. The summed E-state index contributed by atoms with van der Waals surface area (Å²) >= 11 is 0. The number of hydrogen-bond acceptors (Lipinski definition) is 8. The Morgan fingerprint density at radius 1 is 0.463 bits per heavy atom. The molecule has 0 saturated heterocycles. The zero-order valence-corrected chi connectivity index (χ0v) is 44.0. The number of carboxylic acids is 1. The molecular formula is C58H103NO8. The summed E-state index contributed by atoms with van der Waals surface area (Å²) in [5, 5.41) is 11.7. The monoisotopic (exact) mass is 942 g/mol. The van der Waals surface area contributed by atoms with Crippen LogP contribution in [0.25, 0.3) is 0 Å². The Kier molecular flexibility index (Phi) is 47.2. The topological polar surface area (TPSA) is 111 Å². The van der Waals surface area contributed by atoms with E-state index in [2.05, 4.69) is 74.6 Å². The fourth-order valence-corrected chi connectivity index (χ4v) is 7.56. The van der Waals surface area contributed by atoms with Crippen molar-refractivity contribution in [2.45, 2.75) is 245 Å². The van der Waals surface area contributed by atoms with Crippen molar-refractivity contribution < 1.29 is 42.9 Å². The Balaban J connectivity index is 4.25. The fourth-order valence-electron chi connectivity index (χ4n) is 7.56. The summed E-state index contributed by atoms with van der Waals surface area (Å²) in [5.74, 6) is -2.28. The molecule has 2 unspecified atom stereocenters. The Morgan fingerprint density at radius 3 is 1.27 bits per heavy atom. The van der Waals surface area contributed by atoms with Gasteiger partial charge in [0, 0.05) is 12.8 Å². The number of rotatable bonds is 50. The van der Waals surface area contributed by atoms with Gasteiger partial charge in [0.25, 0.3) is 0 Å². The normalized spacial score (nSPS) is 13.3. The number of carbonyl (C=O) groups is 3. The molecule has 0 fully saturated rings. The second-order valence-electron chi connectivity index (χ2n) is 19.5. The Hall–Kier alpha value is -3.01. The maximum atomic E-state index is 12.8. The predicted molar refractivity (Wildman–Crippen MR) is 278 cm³/mol. The summed E-state index contributed by atoms with van der Waals surface area (Å²) in [7, 11) is 5.92. The van der Waals surface area contributed by atoms with Crippen LogP contribution in [-0.2, 0) is 33.3 Å². The van der Waals surface area contributed by atoms with Gasteiger partial charge in [-0.3, -0.25) is 9.59 Å². The minimum atomic E-state index is -1.62. The number of carbonyl (C=O) groups excluding carboxylic acids is 3.